The highest BCUT2D eigenvalue weighted by Gasteiger charge is 2.22. The molecule has 0 saturated carbocycles. The average molecular weight is 300 g/mol. The van der Waals surface area contributed by atoms with Crippen molar-refractivity contribution >= 4 is 40.4 Å². The summed E-state index contributed by atoms with van der Waals surface area (Å²) >= 11 is 7.48. The van der Waals surface area contributed by atoms with Gasteiger partial charge in [0.1, 0.15) is 5.04 Å². The normalized spacial score (nSPS) is 16.6. The lowest BCUT2D eigenvalue weighted by molar-refractivity contribution is -0.113. The van der Waals surface area contributed by atoms with Crippen LogP contribution in [0.3, 0.4) is 0 Å². The van der Waals surface area contributed by atoms with E-state index >= 15 is 0 Å². The number of aliphatic imine (C=N–C) groups is 1. The van der Waals surface area contributed by atoms with E-state index in [1.54, 1.807) is 12.1 Å². The van der Waals surface area contributed by atoms with E-state index in [9.17, 15) is 4.79 Å². The fraction of sp³-hybridized carbons (Fsp3) is 0. The second kappa shape index (κ2) is 5.65. The number of nitrogens with zero attached hydrogens (tertiary/aromatic N) is 1. The molecular formula is C16H10ClNOS. The van der Waals surface area contributed by atoms with Gasteiger partial charge in [-0.2, -0.15) is 0 Å². The van der Waals surface area contributed by atoms with Crippen LogP contribution in [0.15, 0.2) is 64.5 Å². The van der Waals surface area contributed by atoms with Crippen LogP contribution >= 0.6 is 23.4 Å². The summed E-state index contributed by atoms with van der Waals surface area (Å²) in [6, 6.07) is 17.1. The zero-order valence-corrected chi connectivity index (χ0v) is 12.0. The first-order valence-corrected chi connectivity index (χ1v) is 7.26. The van der Waals surface area contributed by atoms with Crippen molar-refractivity contribution in [2.75, 3.05) is 0 Å². The van der Waals surface area contributed by atoms with E-state index < -0.39 is 0 Å². The molecule has 1 aliphatic heterocycles. The number of carbonyl (C=O) groups excluding carboxylic acids is 1. The minimum atomic E-state index is -0.214. The molecule has 0 atom stereocenters. The Morgan fingerprint density at radius 3 is 2.45 bits per heavy atom. The molecule has 98 valence electrons. The third-order valence-electron chi connectivity index (χ3n) is 2.83. The molecule has 0 aliphatic carbocycles. The molecule has 20 heavy (non-hydrogen) atoms. The number of benzene rings is 2. The van der Waals surface area contributed by atoms with Crippen LogP contribution in [0.5, 0.6) is 0 Å². The summed E-state index contributed by atoms with van der Waals surface area (Å²) in [6.45, 7) is 0. The van der Waals surface area contributed by atoms with Crippen molar-refractivity contribution in [1.29, 1.82) is 0 Å². The van der Waals surface area contributed by atoms with Crippen LogP contribution in [-0.4, -0.2) is 11.0 Å². The summed E-state index contributed by atoms with van der Waals surface area (Å²) in [5.74, 6) is -0.214. The maximum atomic E-state index is 12.0. The lowest BCUT2D eigenvalue weighted by Crippen LogP contribution is -1.89. The van der Waals surface area contributed by atoms with Gasteiger partial charge in [0.05, 0.1) is 4.91 Å². The quantitative estimate of drug-likeness (QED) is 0.769. The maximum absolute atomic E-state index is 12.0. The van der Waals surface area contributed by atoms with Crippen LogP contribution in [0.1, 0.15) is 11.1 Å². The van der Waals surface area contributed by atoms with Crippen LogP contribution in [0.2, 0.25) is 5.02 Å². The van der Waals surface area contributed by atoms with Crippen molar-refractivity contribution in [1.82, 2.24) is 0 Å². The maximum Gasteiger partial charge on any atom is 0.284 e. The van der Waals surface area contributed by atoms with Gasteiger partial charge in [-0.05, 0) is 17.7 Å². The highest BCUT2D eigenvalue weighted by molar-refractivity contribution is 8.19. The highest BCUT2D eigenvalue weighted by Crippen LogP contribution is 2.32. The Kier molecular flexibility index (Phi) is 3.72. The molecule has 0 bridgehead atoms. The summed E-state index contributed by atoms with van der Waals surface area (Å²) in [6.07, 6.45) is 1.79. The number of amides is 1. The van der Waals surface area contributed by atoms with Gasteiger partial charge < -0.3 is 0 Å². The summed E-state index contributed by atoms with van der Waals surface area (Å²) < 4.78 is 0. The third-order valence-corrected chi connectivity index (χ3v) is 4.21. The first kappa shape index (κ1) is 13.2. The number of thioether (sulfide) groups is 1. The van der Waals surface area contributed by atoms with Crippen LogP contribution in [0.4, 0.5) is 0 Å². The standard InChI is InChI=1S/C16H10ClNOS/c17-13-9-5-4-8-12(13)10-14-15(19)18-16(20-14)11-6-2-1-3-7-11/h1-10H. The lowest BCUT2D eigenvalue weighted by atomic mass is 10.2. The number of hydrogen-bond donors (Lipinski definition) is 0. The topological polar surface area (TPSA) is 29.4 Å². The third kappa shape index (κ3) is 2.69. The molecule has 1 heterocycles. The summed E-state index contributed by atoms with van der Waals surface area (Å²) in [5.41, 5.74) is 1.78. The monoisotopic (exact) mass is 299 g/mol. The van der Waals surface area contributed by atoms with Gasteiger partial charge in [-0.3, -0.25) is 4.79 Å². The highest BCUT2D eigenvalue weighted by atomic mass is 35.5. The van der Waals surface area contributed by atoms with Gasteiger partial charge >= 0.3 is 0 Å². The SMILES string of the molecule is O=C1N=C(c2ccccc2)SC1=Cc1ccccc1Cl. The van der Waals surface area contributed by atoms with Crippen molar-refractivity contribution < 1.29 is 4.79 Å². The van der Waals surface area contributed by atoms with Gasteiger partial charge in [-0.1, -0.05) is 71.9 Å². The molecule has 1 aliphatic rings. The van der Waals surface area contributed by atoms with E-state index in [1.807, 2.05) is 48.5 Å². The Balaban J connectivity index is 1.90. The Hall–Kier alpha value is -1.84. The van der Waals surface area contributed by atoms with Crippen molar-refractivity contribution in [2.45, 2.75) is 0 Å². The molecule has 4 heteroatoms. The van der Waals surface area contributed by atoms with E-state index in [0.29, 0.717) is 9.93 Å². The number of hydrogen-bond acceptors (Lipinski definition) is 2. The van der Waals surface area contributed by atoms with Crippen LogP contribution in [0, 0.1) is 0 Å². The Morgan fingerprint density at radius 2 is 1.70 bits per heavy atom. The lowest BCUT2D eigenvalue weighted by Gasteiger charge is -2.00. The van der Waals surface area contributed by atoms with E-state index in [-0.39, 0.29) is 5.91 Å². The zero-order chi connectivity index (χ0) is 13.9. The second-order valence-electron chi connectivity index (χ2n) is 4.22. The molecule has 0 unspecified atom stereocenters. The van der Waals surface area contributed by atoms with Crippen LogP contribution in [-0.2, 0) is 4.79 Å². The molecule has 2 aromatic rings. The first-order valence-electron chi connectivity index (χ1n) is 6.06. The predicted octanol–water partition coefficient (Wildman–Crippen LogP) is 4.40. The fourth-order valence-corrected chi connectivity index (χ4v) is 2.95. The minimum Gasteiger partial charge on any atom is -0.266 e. The average Bonchev–Trinajstić information content (AvgIpc) is 2.84. The number of rotatable bonds is 2. The fourth-order valence-electron chi connectivity index (χ4n) is 1.85. The summed E-state index contributed by atoms with van der Waals surface area (Å²) in [5, 5.41) is 1.36. The van der Waals surface area contributed by atoms with E-state index in [0.717, 1.165) is 16.2 Å². The Morgan fingerprint density at radius 1 is 1.00 bits per heavy atom. The molecule has 2 nitrogen and oxygen atoms in total. The van der Waals surface area contributed by atoms with Gasteiger partial charge in [-0.15, -0.1) is 0 Å². The van der Waals surface area contributed by atoms with Crippen molar-refractivity contribution in [2.24, 2.45) is 4.99 Å². The van der Waals surface area contributed by atoms with E-state index in [1.165, 1.54) is 11.8 Å². The molecule has 3 rings (SSSR count). The number of carbonyl (C=O) groups is 1. The van der Waals surface area contributed by atoms with Crippen LogP contribution < -0.4 is 0 Å². The molecule has 0 saturated heterocycles. The minimum absolute atomic E-state index is 0.214. The molecule has 0 spiro atoms. The second-order valence-corrected chi connectivity index (χ2v) is 5.66. The van der Waals surface area contributed by atoms with Gasteiger partial charge in [0.15, 0.2) is 0 Å². The molecular weight excluding hydrogens is 290 g/mol. The summed E-state index contributed by atoms with van der Waals surface area (Å²) in [7, 11) is 0. The zero-order valence-electron chi connectivity index (χ0n) is 10.4. The van der Waals surface area contributed by atoms with E-state index in [2.05, 4.69) is 4.99 Å². The van der Waals surface area contributed by atoms with Gasteiger partial charge in [0, 0.05) is 10.6 Å². The number of halogens is 1. The molecule has 0 N–H and O–H groups in total. The van der Waals surface area contributed by atoms with Crippen molar-refractivity contribution in [3.05, 3.63) is 75.7 Å². The Bertz CT molecular complexity index is 722. The first-order chi connectivity index (χ1) is 9.74. The predicted molar refractivity (Wildman–Crippen MR) is 85.0 cm³/mol. The van der Waals surface area contributed by atoms with Crippen molar-refractivity contribution in [3.63, 3.8) is 0 Å². The smallest absolute Gasteiger partial charge is 0.266 e. The van der Waals surface area contributed by atoms with E-state index in [4.69, 9.17) is 11.6 Å². The van der Waals surface area contributed by atoms with Gasteiger partial charge in [0.2, 0.25) is 0 Å². The molecule has 1 amide bonds. The molecule has 0 radical (unpaired) electrons. The largest absolute Gasteiger partial charge is 0.284 e. The molecule has 0 aromatic heterocycles. The summed E-state index contributed by atoms with van der Waals surface area (Å²) in [4.78, 5) is 16.6. The van der Waals surface area contributed by atoms with Gasteiger partial charge in [-0.25, -0.2) is 4.99 Å². The Labute approximate surface area is 126 Å². The van der Waals surface area contributed by atoms with Crippen molar-refractivity contribution in [3.8, 4) is 0 Å². The van der Waals surface area contributed by atoms with Gasteiger partial charge in [0.25, 0.3) is 5.91 Å². The molecule has 0 fully saturated rings. The van der Waals surface area contributed by atoms with Crippen LogP contribution in [0.25, 0.3) is 6.08 Å². The molecule has 2 aromatic carbocycles.